The van der Waals surface area contributed by atoms with Crippen LogP contribution in [0.1, 0.15) is 53.1 Å². The van der Waals surface area contributed by atoms with Gasteiger partial charge >= 0.3 is 0 Å². The number of benzene rings is 7. The van der Waals surface area contributed by atoms with Crippen molar-refractivity contribution in [1.82, 2.24) is 4.57 Å². The van der Waals surface area contributed by atoms with Crippen LogP contribution in [-0.2, 0) is 5.41 Å². The molecular formula is C52H40N4. The van der Waals surface area contributed by atoms with Gasteiger partial charge in [-0.25, -0.2) is 0 Å². The SMILES string of the molecule is CC1(C)c2ccccc2-c2ccc(C3C=CC=C3c3cccc4c5ccccc5n(-c5ccc(N(C(=N)c6ccccc6)C(=N)c6ccccc6)cc5)c34)cc21. The van der Waals surface area contributed by atoms with Gasteiger partial charge in [0, 0.05) is 50.2 Å². The van der Waals surface area contributed by atoms with E-state index in [2.05, 4.69) is 134 Å². The van der Waals surface area contributed by atoms with E-state index in [0.29, 0.717) is 0 Å². The summed E-state index contributed by atoms with van der Waals surface area (Å²) in [7, 11) is 0. The van der Waals surface area contributed by atoms with Crippen molar-refractivity contribution in [1.29, 1.82) is 10.8 Å². The smallest absolute Gasteiger partial charge is 0.138 e. The highest BCUT2D eigenvalue weighted by Gasteiger charge is 2.36. The first-order valence-electron chi connectivity index (χ1n) is 19.2. The van der Waals surface area contributed by atoms with Crippen molar-refractivity contribution in [3.63, 3.8) is 0 Å². The number of aromatic nitrogens is 1. The maximum absolute atomic E-state index is 9.29. The van der Waals surface area contributed by atoms with Gasteiger partial charge in [-0.05, 0) is 63.7 Å². The average molecular weight is 721 g/mol. The normalized spacial score (nSPS) is 15.1. The molecule has 0 amide bonds. The number of nitrogens with one attached hydrogen (secondary N) is 2. The molecule has 1 aromatic heterocycles. The number of rotatable bonds is 6. The van der Waals surface area contributed by atoms with Crippen molar-refractivity contribution >= 4 is 44.7 Å². The second-order valence-electron chi connectivity index (χ2n) is 15.3. The Morgan fingerprint density at radius 1 is 0.571 bits per heavy atom. The van der Waals surface area contributed by atoms with Gasteiger partial charge in [-0.2, -0.15) is 0 Å². The summed E-state index contributed by atoms with van der Waals surface area (Å²) >= 11 is 0. The third-order valence-electron chi connectivity index (χ3n) is 11.8. The van der Waals surface area contributed by atoms with Gasteiger partial charge < -0.3 is 4.57 Å². The van der Waals surface area contributed by atoms with Crippen LogP contribution in [-0.4, -0.2) is 16.2 Å². The molecule has 1 unspecified atom stereocenters. The molecule has 0 aliphatic heterocycles. The van der Waals surface area contributed by atoms with E-state index in [1.54, 1.807) is 4.90 Å². The fourth-order valence-electron chi connectivity index (χ4n) is 9.03. The first-order valence-corrected chi connectivity index (χ1v) is 19.2. The zero-order valence-electron chi connectivity index (χ0n) is 31.4. The highest BCUT2D eigenvalue weighted by molar-refractivity contribution is 6.27. The third kappa shape index (κ3) is 5.21. The number of allylic oxidation sites excluding steroid dienone is 4. The number of anilines is 1. The molecule has 0 bridgehead atoms. The molecule has 0 saturated carbocycles. The van der Waals surface area contributed by atoms with E-state index in [0.717, 1.165) is 28.0 Å². The summed E-state index contributed by atoms with van der Waals surface area (Å²) in [5.41, 5.74) is 14.7. The molecule has 2 N–H and O–H groups in total. The van der Waals surface area contributed by atoms with E-state index >= 15 is 0 Å². The number of amidine groups is 2. The largest absolute Gasteiger partial charge is 0.309 e. The third-order valence-corrected chi connectivity index (χ3v) is 11.8. The molecule has 0 radical (unpaired) electrons. The van der Waals surface area contributed by atoms with Crippen LogP contribution in [0.4, 0.5) is 5.69 Å². The van der Waals surface area contributed by atoms with E-state index in [1.807, 2.05) is 72.8 Å². The summed E-state index contributed by atoms with van der Waals surface area (Å²) in [5.74, 6) is 0.606. The predicted octanol–water partition coefficient (Wildman–Crippen LogP) is 12.7. The standard InChI is InChI=1S/C52H40N4/c1-52(2)46-25-11-9-19-41(46)42-32-27-36(33-47(42)52)39-21-13-22-40(39)44-23-14-24-45-43-20-10-12-26-48(43)55(49(44)45)37-28-30-38(31-29-37)56(50(53)34-15-5-3-6-16-34)51(54)35-17-7-4-8-18-35/h3-33,39,53-54H,1-2H3. The minimum atomic E-state index is -0.0680. The highest BCUT2D eigenvalue weighted by atomic mass is 15.2. The number of fused-ring (bicyclic) bond motifs is 6. The van der Waals surface area contributed by atoms with Crippen molar-refractivity contribution in [2.24, 2.45) is 0 Å². The van der Waals surface area contributed by atoms with Crippen molar-refractivity contribution in [3.8, 4) is 16.8 Å². The van der Waals surface area contributed by atoms with Gasteiger partial charge in [-0.15, -0.1) is 0 Å². The fourth-order valence-corrected chi connectivity index (χ4v) is 9.03. The number of para-hydroxylation sites is 2. The lowest BCUT2D eigenvalue weighted by molar-refractivity contribution is 0.659. The predicted molar refractivity (Wildman–Crippen MR) is 234 cm³/mol. The Morgan fingerprint density at radius 2 is 1.18 bits per heavy atom. The van der Waals surface area contributed by atoms with Gasteiger partial charge in [0.15, 0.2) is 0 Å². The van der Waals surface area contributed by atoms with Crippen molar-refractivity contribution in [2.45, 2.75) is 25.2 Å². The first kappa shape index (κ1) is 33.5. The zero-order chi connectivity index (χ0) is 38.0. The van der Waals surface area contributed by atoms with E-state index in [-0.39, 0.29) is 23.0 Å². The lowest BCUT2D eigenvalue weighted by Gasteiger charge is -2.26. The van der Waals surface area contributed by atoms with Gasteiger partial charge in [0.1, 0.15) is 11.7 Å². The Morgan fingerprint density at radius 3 is 1.91 bits per heavy atom. The molecule has 7 aromatic carbocycles. The molecule has 0 saturated heterocycles. The van der Waals surface area contributed by atoms with Gasteiger partial charge in [0.25, 0.3) is 0 Å². The van der Waals surface area contributed by atoms with Crippen LogP contribution in [0.3, 0.4) is 0 Å². The van der Waals surface area contributed by atoms with E-state index < -0.39 is 0 Å². The molecular weight excluding hydrogens is 681 g/mol. The Hall–Kier alpha value is -7.04. The summed E-state index contributed by atoms with van der Waals surface area (Å²) in [6.45, 7) is 4.70. The van der Waals surface area contributed by atoms with Gasteiger partial charge in [0.2, 0.25) is 0 Å². The van der Waals surface area contributed by atoms with Crippen LogP contribution in [0.25, 0.3) is 44.2 Å². The molecule has 0 spiro atoms. The molecule has 10 rings (SSSR count). The number of hydrogen-bond donors (Lipinski definition) is 2. The van der Waals surface area contributed by atoms with Gasteiger partial charge in [-0.3, -0.25) is 15.7 Å². The van der Waals surface area contributed by atoms with E-state index in [1.165, 1.54) is 55.2 Å². The number of hydrogen-bond acceptors (Lipinski definition) is 2. The second kappa shape index (κ2) is 13.1. The number of nitrogens with zero attached hydrogens (tertiary/aromatic N) is 2. The summed E-state index contributed by atoms with van der Waals surface area (Å²) in [6, 6.07) is 58.9. The molecule has 56 heavy (non-hydrogen) atoms. The fraction of sp³-hybridized carbons (Fsp3) is 0.0769. The van der Waals surface area contributed by atoms with Crippen LogP contribution >= 0.6 is 0 Å². The molecule has 0 fully saturated rings. The first-order chi connectivity index (χ1) is 27.4. The lowest BCUT2D eigenvalue weighted by atomic mass is 9.80. The molecule has 268 valence electrons. The average Bonchev–Trinajstić information content (AvgIpc) is 3.94. The Balaban J connectivity index is 1.08. The quantitative estimate of drug-likeness (QED) is 0.130. The minimum Gasteiger partial charge on any atom is -0.309 e. The second-order valence-corrected chi connectivity index (χ2v) is 15.3. The maximum Gasteiger partial charge on any atom is 0.138 e. The Labute approximate surface area is 327 Å². The minimum absolute atomic E-state index is 0.0680. The van der Waals surface area contributed by atoms with E-state index in [9.17, 15) is 10.8 Å². The van der Waals surface area contributed by atoms with Crippen molar-refractivity contribution in [3.05, 3.63) is 221 Å². The van der Waals surface area contributed by atoms with Crippen LogP contribution in [0.15, 0.2) is 188 Å². The van der Waals surface area contributed by atoms with Crippen LogP contribution in [0.5, 0.6) is 0 Å². The Kier molecular flexibility index (Phi) is 7.82. The van der Waals surface area contributed by atoms with Crippen LogP contribution < -0.4 is 4.90 Å². The van der Waals surface area contributed by atoms with E-state index in [4.69, 9.17) is 0 Å². The zero-order valence-corrected chi connectivity index (χ0v) is 31.4. The molecule has 1 atom stereocenters. The molecule has 2 aliphatic carbocycles. The summed E-state index contributed by atoms with van der Waals surface area (Å²) in [6.07, 6.45) is 6.84. The lowest BCUT2D eigenvalue weighted by Crippen LogP contribution is -2.37. The van der Waals surface area contributed by atoms with Gasteiger partial charge in [-0.1, -0.05) is 172 Å². The summed E-state index contributed by atoms with van der Waals surface area (Å²) in [5, 5.41) is 21.0. The summed E-state index contributed by atoms with van der Waals surface area (Å²) < 4.78 is 2.39. The van der Waals surface area contributed by atoms with Crippen LogP contribution in [0.2, 0.25) is 0 Å². The topological polar surface area (TPSA) is 55.9 Å². The maximum atomic E-state index is 9.29. The van der Waals surface area contributed by atoms with Crippen molar-refractivity contribution < 1.29 is 0 Å². The van der Waals surface area contributed by atoms with Crippen molar-refractivity contribution in [2.75, 3.05) is 4.90 Å². The molecule has 4 nitrogen and oxygen atoms in total. The monoisotopic (exact) mass is 720 g/mol. The van der Waals surface area contributed by atoms with Gasteiger partial charge in [0.05, 0.1) is 11.0 Å². The molecule has 2 aliphatic rings. The molecule has 8 aromatic rings. The molecule has 1 heterocycles. The van der Waals surface area contributed by atoms with Crippen LogP contribution in [0, 0.1) is 10.8 Å². The summed E-state index contributed by atoms with van der Waals surface area (Å²) in [4.78, 5) is 1.72. The highest BCUT2D eigenvalue weighted by Crippen LogP contribution is 2.51. The molecule has 4 heteroatoms. The Bertz CT molecular complexity index is 2860.